The summed E-state index contributed by atoms with van der Waals surface area (Å²) in [6.07, 6.45) is -3.32. The minimum atomic E-state index is -4.56. The van der Waals surface area contributed by atoms with E-state index in [-0.39, 0.29) is 17.1 Å². The third kappa shape index (κ3) is 2.64. The molecule has 0 aliphatic rings. The summed E-state index contributed by atoms with van der Waals surface area (Å²) < 4.78 is 43.5. The van der Waals surface area contributed by atoms with Crippen molar-refractivity contribution in [2.75, 3.05) is 5.73 Å². The van der Waals surface area contributed by atoms with Crippen LogP contribution in [0, 0.1) is 11.3 Å². The van der Waals surface area contributed by atoms with E-state index in [1.54, 1.807) is 6.07 Å². The van der Waals surface area contributed by atoms with E-state index in [1.807, 2.05) is 0 Å². The van der Waals surface area contributed by atoms with Crippen LogP contribution in [0.25, 0.3) is 0 Å². The van der Waals surface area contributed by atoms with Gasteiger partial charge in [-0.2, -0.15) is 18.4 Å². The smallest absolute Gasteiger partial charge is 0.419 e. The topological polar surface area (TPSA) is 71.9 Å². The molecule has 7 heteroatoms. The van der Waals surface area contributed by atoms with Gasteiger partial charge in [-0.1, -0.05) is 12.1 Å². The van der Waals surface area contributed by atoms with Gasteiger partial charge in [0.25, 0.3) is 0 Å². The first-order valence-corrected chi connectivity index (χ1v) is 5.42. The number of hydrogen-bond donors (Lipinski definition) is 1. The molecule has 0 atom stereocenters. The lowest BCUT2D eigenvalue weighted by atomic mass is 10.2. The number of nitriles is 1. The maximum Gasteiger partial charge on any atom is 0.419 e. The molecule has 0 spiro atoms. The molecule has 0 saturated heterocycles. The van der Waals surface area contributed by atoms with Crippen LogP contribution < -0.4 is 10.5 Å². The van der Waals surface area contributed by atoms with Gasteiger partial charge in [0, 0.05) is 6.20 Å². The Bertz CT molecular complexity index is 677. The monoisotopic (exact) mass is 279 g/mol. The zero-order chi connectivity index (χ0) is 14.8. The van der Waals surface area contributed by atoms with Crippen molar-refractivity contribution in [1.82, 2.24) is 4.98 Å². The van der Waals surface area contributed by atoms with Crippen LogP contribution in [0.1, 0.15) is 11.1 Å². The number of anilines is 1. The number of benzene rings is 1. The predicted molar refractivity (Wildman–Crippen MR) is 64.9 cm³/mol. The molecule has 0 amide bonds. The number of ether oxygens (including phenoxy) is 1. The molecule has 1 aromatic heterocycles. The molecule has 1 heterocycles. The summed E-state index contributed by atoms with van der Waals surface area (Å²) in [5.74, 6) is -0.657. The zero-order valence-corrected chi connectivity index (χ0v) is 9.98. The Morgan fingerprint density at radius 1 is 1.20 bits per heavy atom. The van der Waals surface area contributed by atoms with Crippen LogP contribution in [0.4, 0.5) is 18.9 Å². The van der Waals surface area contributed by atoms with Crippen LogP contribution in [0.2, 0.25) is 0 Å². The van der Waals surface area contributed by atoms with Crippen LogP contribution >= 0.6 is 0 Å². The number of halogens is 3. The van der Waals surface area contributed by atoms with Crippen molar-refractivity contribution in [1.29, 1.82) is 5.26 Å². The summed E-state index contributed by atoms with van der Waals surface area (Å²) in [7, 11) is 0. The standard InChI is InChI=1S/C13H8F3N3O/c14-13(15,16)9-3-1-2-4-10(9)20-12-11(18)8(7-17)5-6-19-12/h1-6H,18H2. The van der Waals surface area contributed by atoms with Crippen LogP contribution in [0.3, 0.4) is 0 Å². The molecule has 1 aromatic carbocycles. The molecular weight excluding hydrogens is 271 g/mol. The number of hydrogen-bond acceptors (Lipinski definition) is 4. The largest absolute Gasteiger partial charge is 0.436 e. The molecule has 2 rings (SSSR count). The third-order valence-corrected chi connectivity index (χ3v) is 2.47. The van der Waals surface area contributed by atoms with E-state index < -0.39 is 17.5 Å². The van der Waals surface area contributed by atoms with E-state index in [1.165, 1.54) is 24.4 Å². The van der Waals surface area contributed by atoms with Gasteiger partial charge in [0.15, 0.2) is 0 Å². The van der Waals surface area contributed by atoms with Gasteiger partial charge in [-0.25, -0.2) is 4.98 Å². The molecule has 0 aliphatic carbocycles. The fourth-order valence-electron chi connectivity index (χ4n) is 1.53. The van der Waals surface area contributed by atoms with Crippen LogP contribution in [-0.4, -0.2) is 4.98 Å². The van der Waals surface area contributed by atoms with Gasteiger partial charge in [-0.15, -0.1) is 0 Å². The lowest BCUT2D eigenvalue weighted by Gasteiger charge is -2.13. The number of para-hydroxylation sites is 1. The summed E-state index contributed by atoms with van der Waals surface area (Å²) in [4.78, 5) is 3.74. The molecule has 0 radical (unpaired) electrons. The second-order valence-electron chi connectivity index (χ2n) is 3.79. The first-order valence-electron chi connectivity index (χ1n) is 5.42. The Morgan fingerprint density at radius 2 is 1.90 bits per heavy atom. The molecular formula is C13H8F3N3O. The average molecular weight is 279 g/mol. The highest BCUT2D eigenvalue weighted by atomic mass is 19.4. The second-order valence-corrected chi connectivity index (χ2v) is 3.79. The van der Waals surface area contributed by atoms with Crippen LogP contribution in [-0.2, 0) is 6.18 Å². The minimum Gasteiger partial charge on any atom is -0.436 e. The zero-order valence-electron chi connectivity index (χ0n) is 9.98. The Balaban J connectivity index is 2.44. The lowest BCUT2D eigenvalue weighted by Crippen LogP contribution is -2.07. The van der Waals surface area contributed by atoms with Crippen LogP contribution in [0.15, 0.2) is 36.5 Å². The molecule has 0 unspecified atom stereocenters. The van der Waals surface area contributed by atoms with Crippen molar-refractivity contribution in [3.05, 3.63) is 47.7 Å². The Kier molecular flexibility index (Phi) is 3.48. The van der Waals surface area contributed by atoms with E-state index in [4.69, 9.17) is 15.7 Å². The van der Waals surface area contributed by atoms with Crippen molar-refractivity contribution >= 4 is 5.69 Å². The van der Waals surface area contributed by atoms with Gasteiger partial charge >= 0.3 is 6.18 Å². The Labute approximate surface area is 112 Å². The first kappa shape index (κ1) is 13.7. The SMILES string of the molecule is N#Cc1ccnc(Oc2ccccc2C(F)(F)F)c1N. The maximum atomic E-state index is 12.8. The molecule has 0 saturated carbocycles. The van der Waals surface area contributed by atoms with Gasteiger partial charge in [0.05, 0.1) is 11.1 Å². The fraction of sp³-hybridized carbons (Fsp3) is 0.0769. The average Bonchev–Trinajstić information content (AvgIpc) is 2.40. The van der Waals surface area contributed by atoms with E-state index in [9.17, 15) is 13.2 Å². The summed E-state index contributed by atoms with van der Waals surface area (Å²) in [5.41, 5.74) is 4.65. The van der Waals surface area contributed by atoms with E-state index in [0.29, 0.717) is 0 Å². The van der Waals surface area contributed by atoms with E-state index >= 15 is 0 Å². The van der Waals surface area contributed by atoms with Gasteiger partial charge in [0.2, 0.25) is 5.88 Å². The molecule has 2 aromatic rings. The number of nitrogen functional groups attached to an aromatic ring is 1. The molecule has 0 fully saturated rings. The van der Waals surface area contributed by atoms with Gasteiger partial charge in [-0.3, -0.25) is 0 Å². The van der Waals surface area contributed by atoms with Crippen molar-refractivity contribution in [3.8, 4) is 17.7 Å². The number of pyridine rings is 1. The second kappa shape index (κ2) is 5.09. The summed E-state index contributed by atoms with van der Waals surface area (Å²) in [6.45, 7) is 0. The Morgan fingerprint density at radius 3 is 2.55 bits per heavy atom. The van der Waals surface area contributed by atoms with Crippen molar-refractivity contribution in [2.45, 2.75) is 6.18 Å². The molecule has 0 bridgehead atoms. The Hall–Kier alpha value is -2.75. The number of nitrogens with two attached hydrogens (primary N) is 1. The predicted octanol–water partition coefficient (Wildman–Crippen LogP) is 3.35. The molecule has 2 N–H and O–H groups in total. The number of alkyl halides is 3. The number of nitrogens with zero attached hydrogens (tertiary/aromatic N) is 2. The fourth-order valence-corrected chi connectivity index (χ4v) is 1.53. The van der Waals surface area contributed by atoms with Gasteiger partial charge < -0.3 is 10.5 Å². The summed E-state index contributed by atoms with van der Waals surface area (Å²) in [5, 5.41) is 8.80. The third-order valence-electron chi connectivity index (χ3n) is 2.47. The number of aromatic nitrogens is 1. The highest BCUT2D eigenvalue weighted by Crippen LogP contribution is 2.38. The van der Waals surface area contributed by atoms with Crippen molar-refractivity contribution < 1.29 is 17.9 Å². The van der Waals surface area contributed by atoms with E-state index in [0.717, 1.165) is 12.1 Å². The molecule has 20 heavy (non-hydrogen) atoms. The maximum absolute atomic E-state index is 12.8. The highest BCUT2D eigenvalue weighted by molar-refractivity contribution is 5.61. The molecule has 102 valence electrons. The minimum absolute atomic E-state index is 0.0829. The van der Waals surface area contributed by atoms with Crippen LogP contribution in [0.5, 0.6) is 11.6 Å². The van der Waals surface area contributed by atoms with Crippen molar-refractivity contribution in [2.24, 2.45) is 0 Å². The first-order chi connectivity index (χ1) is 9.43. The quantitative estimate of drug-likeness (QED) is 0.915. The summed E-state index contributed by atoms with van der Waals surface area (Å²) in [6, 6.07) is 7.83. The molecule has 0 aliphatic heterocycles. The normalized spacial score (nSPS) is 10.9. The highest BCUT2D eigenvalue weighted by Gasteiger charge is 2.34. The van der Waals surface area contributed by atoms with Gasteiger partial charge in [-0.05, 0) is 18.2 Å². The van der Waals surface area contributed by atoms with Crippen molar-refractivity contribution in [3.63, 3.8) is 0 Å². The van der Waals surface area contributed by atoms with E-state index in [2.05, 4.69) is 4.98 Å². The summed E-state index contributed by atoms with van der Waals surface area (Å²) >= 11 is 0. The molecule has 4 nitrogen and oxygen atoms in total. The lowest BCUT2D eigenvalue weighted by molar-refractivity contribution is -0.138. The van der Waals surface area contributed by atoms with Gasteiger partial charge in [0.1, 0.15) is 17.5 Å². The number of rotatable bonds is 2.